The van der Waals surface area contributed by atoms with Gasteiger partial charge in [-0.3, -0.25) is 4.90 Å². The van der Waals surface area contributed by atoms with Crippen molar-refractivity contribution >= 4 is 23.2 Å². The first-order chi connectivity index (χ1) is 9.06. The molecule has 1 aliphatic heterocycles. The Morgan fingerprint density at radius 2 is 1.79 bits per heavy atom. The lowest BCUT2D eigenvalue weighted by molar-refractivity contribution is -0.0699. The van der Waals surface area contributed by atoms with E-state index in [1.807, 2.05) is 6.07 Å². The molecular weight excluding hydrogens is 285 g/mol. The number of ether oxygens (including phenoxy) is 2. The fraction of sp³-hybridized carbons (Fsp3) is 0.571. The molecule has 1 heterocycles. The lowest BCUT2D eigenvalue weighted by Gasteiger charge is -2.35. The largest absolute Gasteiger partial charge is 0.489 e. The second kappa shape index (κ2) is 6.80. The maximum atomic E-state index is 6.05. The molecule has 3 nitrogen and oxygen atoms in total. The minimum Gasteiger partial charge on any atom is -0.489 e. The van der Waals surface area contributed by atoms with Crippen molar-refractivity contribution in [2.24, 2.45) is 0 Å². The maximum Gasteiger partial charge on any atom is 0.156 e. The van der Waals surface area contributed by atoms with Crippen LogP contribution in [0.5, 0.6) is 5.75 Å². The molecule has 19 heavy (non-hydrogen) atoms. The average molecular weight is 304 g/mol. The van der Waals surface area contributed by atoms with Gasteiger partial charge in [-0.2, -0.15) is 0 Å². The Labute approximate surface area is 124 Å². The Bertz CT molecular complexity index is 398. The van der Waals surface area contributed by atoms with Gasteiger partial charge >= 0.3 is 0 Å². The number of nitrogens with zero attached hydrogens (tertiary/aromatic N) is 1. The van der Waals surface area contributed by atoms with Gasteiger partial charge in [-0.25, -0.2) is 0 Å². The van der Waals surface area contributed by atoms with E-state index >= 15 is 0 Å². The van der Waals surface area contributed by atoms with Crippen LogP contribution in [0.3, 0.4) is 0 Å². The second-order valence-corrected chi connectivity index (χ2v) is 5.73. The molecule has 0 radical (unpaired) electrons. The number of halogens is 2. The molecule has 0 saturated carbocycles. The number of hydrogen-bond acceptors (Lipinski definition) is 3. The topological polar surface area (TPSA) is 21.7 Å². The van der Waals surface area contributed by atoms with E-state index in [9.17, 15) is 0 Å². The molecule has 0 N–H and O–H groups in total. The summed E-state index contributed by atoms with van der Waals surface area (Å²) in [6.07, 6.45) is 0.542. The van der Waals surface area contributed by atoms with Crippen LogP contribution in [0.4, 0.5) is 0 Å². The van der Waals surface area contributed by atoms with Gasteiger partial charge < -0.3 is 9.47 Å². The summed E-state index contributed by atoms with van der Waals surface area (Å²) >= 11 is 12.1. The normalized spacial score (nSPS) is 24.4. The molecule has 1 saturated heterocycles. The van der Waals surface area contributed by atoms with Gasteiger partial charge in [0, 0.05) is 19.6 Å². The van der Waals surface area contributed by atoms with Crippen molar-refractivity contribution in [2.75, 3.05) is 26.2 Å². The molecule has 1 aromatic carbocycles. The van der Waals surface area contributed by atoms with Crippen molar-refractivity contribution in [1.29, 1.82) is 0 Å². The first kappa shape index (κ1) is 14.9. The average Bonchev–Trinajstić information content (AvgIpc) is 2.32. The number of morpholine rings is 1. The number of benzene rings is 1. The van der Waals surface area contributed by atoms with Crippen molar-refractivity contribution < 1.29 is 9.47 Å². The molecule has 1 fully saturated rings. The number of rotatable bonds is 4. The van der Waals surface area contributed by atoms with Crippen LogP contribution < -0.4 is 4.74 Å². The lowest BCUT2D eigenvalue weighted by atomic mass is 10.2. The Kier molecular flexibility index (Phi) is 5.34. The molecule has 5 heteroatoms. The van der Waals surface area contributed by atoms with E-state index in [-0.39, 0.29) is 12.2 Å². The molecule has 0 aromatic heterocycles. The minimum absolute atomic E-state index is 0.271. The van der Waals surface area contributed by atoms with Crippen LogP contribution in [0, 0.1) is 0 Å². The van der Waals surface area contributed by atoms with E-state index in [2.05, 4.69) is 18.7 Å². The van der Waals surface area contributed by atoms with Crippen LogP contribution in [0.25, 0.3) is 0 Å². The van der Waals surface area contributed by atoms with Crippen LogP contribution in [0.1, 0.15) is 13.8 Å². The molecule has 0 amide bonds. The molecule has 2 atom stereocenters. The summed E-state index contributed by atoms with van der Waals surface area (Å²) < 4.78 is 11.4. The SMILES string of the molecule is CC1CN(CCOc2c(Cl)cccc2Cl)CC(C)O1. The Hall–Kier alpha value is -0.480. The van der Waals surface area contributed by atoms with Gasteiger partial charge in [0.1, 0.15) is 6.61 Å². The Balaban J connectivity index is 1.83. The summed E-state index contributed by atoms with van der Waals surface area (Å²) in [5, 5.41) is 1.10. The molecule has 1 aliphatic rings. The molecular formula is C14H19Cl2NO2. The zero-order chi connectivity index (χ0) is 13.8. The van der Waals surface area contributed by atoms with Gasteiger partial charge in [-0.1, -0.05) is 29.3 Å². The van der Waals surface area contributed by atoms with Gasteiger partial charge in [0.05, 0.1) is 22.3 Å². The van der Waals surface area contributed by atoms with Crippen molar-refractivity contribution in [3.8, 4) is 5.75 Å². The van der Waals surface area contributed by atoms with E-state index in [0.717, 1.165) is 19.6 Å². The highest BCUT2D eigenvalue weighted by Crippen LogP contribution is 2.32. The van der Waals surface area contributed by atoms with Crippen LogP contribution in [0.2, 0.25) is 10.0 Å². The Morgan fingerprint density at radius 3 is 2.37 bits per heavy atom. The van der Waals surface area contributed by atoms with Crippen LogP contribution in [-0.4, -0.2) is 43.3 Å². The van der Waals surface area contributed by atoms with Crippen LogP contribution in [-0.2, 0) is 4.74 Å². The maximum absolute atomic E-state index is 6.05. The van der Waals surface area contributed by atoms with Gasteiger partial charge in [0.15, 0.2) is 5.75 Å². The summed E-state index contributed by atoms with van der Waals surface area (Å²) in [5.41, 5.74) is 0. The highest BCUT2D eigenvalue weighted by molar-refractivity contribution is 6.37. The fourth-order valence-electron chi connectivity index (χ4n) is 2.36. The van der Waals surface area contributed by atoms with E-state index in [1.54, 1.807) is 12.1 Å². The molecule has 2 rings (SSSR count). The fourth-order valence-corrected chi connectivity index (χ4v) is 2.87. The predicted molar refractivity (Wildman–Crippen MR) is 78.4 cm³/mol. The van der Waals surface area contributed by atoms with Gasteiger partial charge in [0.25, 0.3) is 0 Å². The summed E-state index contributed by atoms with van der Waals surface area (Å²) in [6.45, 7) is 7.47. The molecule has 106 valence electrons. The third kappa shape index (κ3) is 4.25. The van der Waals surface area contributed by atoms with Crippen molar-refractivity contribution in [1.82, 2.24) is 4.90 Å². The third-order valence-electron chi connectivity index (χ3n) is 3.07. The molecule has 0 spiro atoms. The molecule has 0 bridgehead atoms. The smallest absolute Gasteiger partial charge is 0.156 e. The lowest BCUT2D eigenvalue weighted by Crippen LogP contribution is -2.46. The summed E-state index contributed by atoms with van der Waals surface area (Å²) in [7, 11) is 0. The van der Waals surface area contributed by atoms with Gasteiger partial charge in [-0.15, -0.1) is 0 Å². The Morgan fingerprint density at radius 1 is 1.21 bits per heavy atom. The van der Waals surface area contributed by atoms with E-state index in [0.29, 0.717) is 22.4 Å². The number of hydrogen-bond donors (Lipinski definition) is 0. The third-order valence-corrected chi connectivity index (χ3v) is 3.66. The van der Waals surface area contributed by atoms with Crippen LogP contribution in [0.15, 0.2) is 18.2 Å². The van der Waals surface area contributed by atoms with Crippen molar-refractivity contribution in [3.63, 3.8) is 0 Å². The minimum atomic E-state index is 0.271. The predicted octanol–water partition coefficient (Wildman–Crippen LogP) is 3.48. The summed E-state index contributed by atoms with van der Waals surface area (Å²) in [6, 6.07) is 5.37. The highest BCUT2D eigenvalue weighted by atomic mass is 35.5. The quantitative estimate of drug-likeness (QED) is 0.850. The zero-order valence-electron chi connectivity index (χ0n) is 11.2. The monoisotopic (exact) mass is 303 g/mol. The highest BCUT2D eigenvalue weighted by Gasteiger charge is 2.21. The standard InChI is InChI=1S/C14H19Cl2NO2/c1-10-8-17(9-11(2)19-10)6-7-18-14-12(15)4-3-5-13(14)16/h3-5,10-11H,6-9H2,1-2H3. The van der Waals surface area contributed by atoms with E-state index < -0.39 is 0 Å². The van der Waals surface area contributed by atoms with Gasteiger partial charge in [0.2, 0.25) is 0 Å². The van der Waals surface area contributed by atoms with Crippen molar-refractivity contribution in [2.45, 2.75) is 26.1 Å². The molecule has 0 aliphatic carbocycles. The zero-order valence-corrected chi connectivity index (χ0v) is 12.7. The second-order valence-electron chi connectivity index (χ2n) is 4.92. The number of para-hydroxylation sites is 1. The van der Waals surface area contributed by atoms with Crippen molar-refractivity contribution in [3.05, 3.63) is 28.2 Å². The summed E-state index contributed by atoms with van der Waals surface area (Å²) in [4.78, 5) is 2.34. The first-order valence-corrected chi connectivity index (χ1v) is 7.26. The summed E-state index contributed by atoms with van der Waals surface area (Å²) in [5.74, 6) is 0.570. The molecule has 1 aromatic rings. The van der Waals surface area contributed by atoms with Crippen LogP contribution >= 0.6 is 23.2 Å². The van der Waals surface area contributed by atoms with Gasteiger partial charge in [-0.05, 0) is 26.0 Å². The van der Waals surface area contributed by atoms with E-state index in [4.69, 9.17) is 32.7 Å². The van der Waals surface area contributed by atoms with E-state index in [1.165, 1.54) is 0 Å². The molecule has 2 unspecified atom stereocenters. The first-order valence-electron chi connectivity index (χ1n) is 6.51.